The van der Waals surface area contributed by atoms with Gasteiger partial charge in [-0.25, -0.2) is 0 Å². The number of carbonyl (C=O) groups excluding carboxylic acids is 2. The van der Waals surface area contributed by atoms with Gasteiger partial charge in [0.15, 0.2) is 0 Å². The molecular weight excluding hydrogens is 200 g/mol. The highest BCUT2D eigenvalue weighted by atomic mass is 16.2. The molecule has 0 N–H and O–H groups in total. The van der Waals surface area contributed by atoms with Crippen LogP contribution in [0.2, 0.25) is 0 Å². The molecule has 16 heavy (non-hydrogen) atoms. The molecule has 0 aromatic heterocycles. The van der Waals surface area contributed by atoms with Crippen molar-refractivity contribution in [3.05, 3.63) is 35.9 Å². The average Bonchev–Trinajstić information content (AvgIpc) is 2.31. The minimum atomic E-state index is -0.174. The largest absolute Gasteiger partial charge is 0.291 e. The molecule has 1 fully saturated rings. The standard InChI is InChI=1S/C14H16O2/c1-10-7-8-12(14(16)13(10)15)9-11-5-3-2-4-6-11/h2-6,10,12H,7-9H2,1H3. The first kappa shape index (κ1) is 11.1. The summed E-state index contributed by atoms with van der Waals surface area (Å²) in [5.74, 6) is -0.500. The molecule has 0 aliphatic heterocycles. The van der Waals surface area contributed by atoms with Crippen LogP contribution in [0.25, 0.3) is 0 Å². The molecule has 1 aromatic carbocycles. The Kier molecular flexibility index (Phi) is 3.18. The number of benzene rings is 1. The van der Waals surface area contributed by atoms with E-state index < -0.39 is 0 Å². The van der Waals surface area contributed by atoms with Crippen LogP contribution in [0, 0.1) is 11.8 Å². The Bertz CT molecular complexity index is 394. The minimum absolute atomic E-state index is 0.0699. The average molecular weight is 216 g/mol. The number of hydrogen-bond donors (Lipinski definition) is 0. The zero-order chi connectivity index (χ0) is 11.5. The number of hydrogen-bond acceptors (Lipinski definition) is 2. The lowest BCUT2D eigenvalue weighted by Gasteiger charge is -2.23. The van der Waals surface area contributed by atoms with Crippen LogP contribution < -0.4 is 0 Å². The van der Waals surface area contributed by atoms with E-state index in [-0.39, 0.29) is 23.4 Å². The van der Waals surface area contributed by atoms with Crippen LogP contribution in [-0.4, -0.2) is 11.6 Å². The van der Waals surface area contributed by atoms with E-state index in [0.29, 0.717) is 6.42 Å². The Morgan fingerprint density at radius 2 is 1.75 bits per heavy atom. The third-order valence-corrected chi connectivity index (χ3v) is 3.33. The zero-order valence-electron chi connectivity index (χ0n) is 9.48. The normalized spacial score (nSPS) is 25.8. The lowest BCUT2D eigenvalue weighted by molar-refractivity contribution is -0.143. The minimum Gasteiger partial charge on any atom is -0.291 e. The van der Waals surface area contributed by atoms with E-state index in [9.17, 15) is 9.59 Å². The quantitative estimate of drug-likeness (QED) is 0.711. The summed E-state index contributed by atoms with van der Waals surface area (Å²) in [7, 11) is 0. The van der Waals surface area contributed by atoms with Crippen molar-refractivity contribution in [2.75, 3.05) is 0 Å². The van der Waals surface area contributed by atoms with Gasteiger partial charge in [0.1, 0.15) is 0 Å². The predicted octanol–water partition coefficient (Wildman–Crippen LogP) is 2.41. The first-order valence-electron chi connectivity index (χ1n) is 5.80. The Labute approximate surface area is 95.7 Å². The third-order valence-electron chi connectivity index (χ3n) is 3.33. The maximum absolute atomic E-state index is 11.8. The molecule has 0 amide bonds. The van der Waals surface area contributed by atoms with Crippen molar-refractivity contribution in [2.24, 2.45) is 11.8 Å². The summed E-state index contributed by atoms with van der Waals surface area (Å²) in [5, 5.41) is 0. The van der Waals surface area contributed by atoms with Crippen molar-refractivity contribution < 1.29 is 9.59 Å². The van der Waals surface area contributed by atoms with E-state index >= 15 is 0 Å². The van der Waals surface area contributed by atoms with Gasteiger partial charge in [-0.3, -0.25) is 9.59 Å². The monoisotopic (exact) mass is 216 g/mol. The smallest absolute Gasteiger partial charge is 0.202 e. The maximum Gasteiger partial charge on any atom is 0.202 e. The van der Waals surface area contributed by atoms with E-state index in [4.69, 9.17) is 0 Å². The fraction of sp³-hybridized carbons (Fsp3) is 0.429. The molecule has 2 heteroatoms. The summed E-state index contributed by atoms with van der Waals surface area (Å²) in [6.07, 6.45) is 2.40. The predicted molar refractivity (Wildman–Crippen MR) is 62.0 cm³/mol. The van der Waals surface area contributed by atoms with Crippen LogP contribution in [0.15, 0.2) is 30.3 Å². The fourth-order valence-corrected chi connectivity index (χ4v) is 2.25. The van der Waals surface area contributed by atoms with Crippen LogP contribution in [0.5, 0.6) is 0 Å². The van der Waals surface area contributed by atoms with Gasteiger partial charge < -0.3 is 0 Å². The molecule has 0 radical (unpaired) electrons. The van der Waals surface area contributed by atoms with Gasteiger partial charge in [-0.15, -0.1) is 0 Å². The van der Waals surface area contributed by atoms with Crippen LogP contribution >= 0.6 is 0 Å². The maximum atomic E-state index is 11.8. The molecule has 1 aromatic rings. The van der Waals surface area contributed by atoms with Gasteiger partial charge in [0, 0.05) is 11.8 Å². The highest BCUT2D eigenvalue weighted by Gasteiger charge is 2.33. The molecule has 1 aliphatic rings. The van der Waals surface area contributed by atoms with Gasteiger partial charge in [0.2, 0.25) is 11.6 Å². The number of Topliss-reactive ketones (excluding diaryl/α,β-unsaturated/α-hetero) is 2. The molecule has 0 bridgehead atoms. The molecule has 1 aliphatic carbocycles. The lowest BCUT2D eigenvalue weighted by atomic mass is 9.78. The zero-order valence-corrected chi connectivity index (χ0v) is 9.48. The molecule has 1 saturated carbocycles. The van der Waals surface area contributed by atoms with Crippen LogP contribution in [0.1, 0.15) is 25.3 Å². The number of rotatable bonds is 2. The number of ketones is 2. The molecule has 2 unspecified atom stereocenters. The summed E-state index contributed by atoms with van der Waals surface area (Å²) in [4.78, 5) is 23.4. The Balaban J connectivity index is 2.06. The summed E-state index contributed by atoms with van der Waals surface area (Å²) >= 11 is 0. The van der Waals surface area contributed by atoms with Gasteiger partial charge in [-0.05, 0) is 24.8 Å². The molecular formula is C14H16O2. The Hall–Kier alpha value is -1.44. The Morgan fingerprint density at radius 3 is 2.44 bits per heavy atom. The summed E-state index contributed by atoms with van der Waals surface area (Å²) in [5.41, 5.74) is 1.14. The first-order valence-corrected chi connectivity index (χ1v) is 5.80. The van der Waals surface area contributed by atoms with E-state index in [1.165, 1.54) is 0 Å². The highest BCUT2D eigenvalue weighted by Crippen LogP contribution is 2.25. The molecule has 0 spiro atoms. The van der Waals surface area contributed by atoms with E-state index in [1.807, 2.05) is 37.3 Å². The second-order valence-corrected chi connectivity index (χ2v) is 4.59. The Morgan fingerprint density at radius 1 is 1.06 bits per heavy atom. The van der Waals surface area contributed by atoms with Crippen molar-refractivity contribution in [1.29, 1.82) is 0 Å². The molecule has 2 atom stereocenters. The van der Waals surface area contributed by atoms with Crippen LogP contribution in [0.4, 0.5) is 0 Å². The second kappa shape index (κ2) is 4.60. The summed E-state index contributed by atoms with van der Waals surface area (Å²) in [6.45, 7) is 1.85. The van der Waals surface area contributed by atoms with Crippen LogP contribution in [-0.2, 0) is 16.0 Å². The van der Waals surface area contributed by atoms with Crippen molar-refractivity contribution in [3.63, 3.8) is 0 Å². The van der Waals surface area contributed by atoms with Gasteiger partial charge in [0.05, 0.1) is 0 Å². The fourth-order valence-electron chi connectivity index (χ4n) is 2.25. The summed E-state index contributed by atoms with van der Waals surface area (Å²) < 4.78 is 0. The van der Waals surface area contributed by atoms with Gasteiger partial charge in [-0.1, -0.05) is 37.3 Å². The number of carbonyl (C=O) groups is 2. The molecule has 2 rings (SSSR count). The van der Waals surface area contributed by atoms with E-state index in [0.717, 1.165) is 18.4 Å². The topological polar surface area (TPSA) is 34.1 Å². The van der Waals surface area contributed by atoms with Crippen molar-refractivity contribution >= 4 is 11.6 Å². The van der Waals surface area contributed by atoms with Crippen LogP contribution in [0.3, 0.4) is 0 Å². The molecule has 2 nitrogen and oxygen atoms in total. The van der Waals surface area contributed by atoms with Crippen molar-refractivity contribution in [3.8, 4) is 0 Å². The lowest BCUT2D eigenvalue weighted by Crippen LogP contribution is -2.35. The second-order valence-electron chi connectivity index (χ2n) is 4.59. The SMILES string of the molecule is CC1CCC(Cc2ccccc2)C(=O)C1=O. The molecule has 84 valence electrons. The molecule has 0 heterocycles. The highest BCUT2D eigenvalue weighted by molar-refractivity contribution is 6.39. The van der Waals surface area contributed by atoms with E-state index in [2.05, 4.69) is 0 Å². The van der Waals surface area contributed by atoms with Crippen molar-refractivity contribution in [1.82, 2.24) is 0 Å². The first-order chi connectivity index (χ1) is 7.68. The summed E-state index contributed by atoms with van der Waals surface area (Å²) in [6, 6.07) is 9.91. The van der Waals surface area contributed by atoms with Gasteiger partial charge in [-0.2, -0.15) is 0 Å². The molecule has 0 saturated heterocycles. The van der Waals surface area contributed by atoms with E-state index in [1.54, 1.807) is 0 Å². The van der Waals surface area contributed by atoms with Crippen molar-refractivity contribution in [2.45, 2.75) is 26.2 Å². The van der Waals surface area contributed by atoms with Gasteiger partial charge >= 0.3 is 0 Å². The third kappa shape index (κ3) is 2.21. The van der Waals surface area contributed by atoms with Gasteiger partial charge in [0.25, 0.3) is 0 Å².